The van der Waals surface area contributed by atoms with E-state index in [4.69, 9.17) is 5.73 Å². The van der Waals surface area contributed by atoms with Gasteiger partial charge in [0, 0.05) is 23.7 Å². The molecule has 1 aromatic rings. The van der Waals surface area contributed by atoms with Gasteiger partial charge in [-0.25, -0.2) is 0 Å². The lowest BCUT2D eigenvalue weighted by molar-refractivity contribution is 0.0921. The summed E-state index contributed by atoms with van der Waals surface area (Å²) in [6.07, 6.45) is 3.18. The van der Waals surface area contributed by atoms with Crippen molar-refractivity contribution in [3.05, 3.63) is 35.4 Å². The van der Waals surface area contributed by atoms with Crippen molar-refractivity contribution in [3.63, 3.8) is 0 Å². The lowest BCUT2D eigenvalue weighted by Gasteiger charge is -2.20. The van der Waals surface area contributed by atoms with E-state index in [2.05, 4.69) is 31.4 Å². The van der Waals surface area contributed by atoms with Gasteiger partial charge in [0.15, 0.2) is 0 Å². The molecule has 1 aliphatic rings. The van der Waals surface area contributed by atoms with Crippen LogP contribution in [0.25, 0.3) is 0 Å². The van der Waals surface area contributed by atoms with Crippen LogP contribution in [-0.4, -0.2) is 30.9 Å². The Bertz CT molecular complexity index is 575. The average molecular weight is 331 g/mol. The monoisotopic (exact) mass is 331 g/mol. The summed E-state index contributed by atoms with van der Waals surface area (Å²) in [6.45, 7) is 7.42. The van der Waals surface area contributed by atoms with Gasteiger partial charge in [0.05, 0.1) is 0 Å². The summed E-state index contributed by atoms with van der Waals surface area (Å²) in [7, 11) is 0. The third-order valence-electron chi connectivity index (χ3n) is 4.47. The molecule has 0 spiro atoms. The SMILES string of the molecule is CC(C)(C)CNC(=O)c1ccc(C(=O)NC2CCCC2CN)cc1. The van der Waals surface area contributed by atoms with E-state index in [9.17, 15) is 9.59 Å². The van der Waals surface area contributed by atoms with E-state index < -0.39 is 0 Å². The van der Waals surface area contributed by atoms with Crippen molar-refractivity contribution in [1.29, 1.82) is 0 Å². The molecule has 0 aliphatic heterocycles. The molecule has 1 fully saturated rings. The van der Waals surface area contributed by atoms with Gasteiger partial charge in [-0.15, -0.1) is 0 Å². The van der Waals surface area contributed by atoms with Crippen molar-refractivity contribution in [2.24, 2.45) is 17.1 Å². The number of carbonyl (C=O) groups excluding carboxylic acids is 2. The third-order valence-corrected chi connectivity index (χ3v) is 4.47. The molecule has 1 aromatic carbocycles. The van der Waals surface area contributed by atoms with Crippen molar-refractivity contribution in [1.82, 2.24) is 10.6 Å². The summed E-state index contributed by atoms with van der Waals surface area (Å²) in [5.41, 5.74) is 6.93. The number of nitrogens with two attached hydrogens (primary N) is 1. The first kappa shape index (κ1) is 18.5. The van der Waals surface area contributed by atoms with Crippen molar-refractivity contribution < 1.29 is 9.59 Å². The second kappa shape index (κ2) is 7.79. The van der Waals surface area contributed by atoms with Crippen LogP contribution in [0.5, 0.6) is 0 Å². The van der Waals surface area contributed by atoms with E-state index in [0.29, 0.717) is 30.1 Å². The Morgan fingerprint density at radius 3 is 2.21 bits per heavy atom. The molecule has 2 amide bonds. The quantitative estimate of drug-likeness (QED) is 0.774. The van der Waals surface area contributed by atoms with Crippen molar-refractivity contribution in [2.45, 2.75) is 46.1 Å². The van der Waals surface area contributed by atoms with Crippen LogP contribution in [0.4, 0.5) is 0 Å². The minimum Gasteiger partial charge on any atom is -0.352 e. The maximum atomic E-state index is 12.3. The van der Waals surface area contributed by atoms with Crippen LogP contribution in [-0.2, 0) is 0 Å². The predicted octanol–water partition coefficient (Wildman–Crippen LogP) is 2.32. The molecule has 0 bridgehead atoms. The van der Waals surface area contributed by atoms with Crippen LogP contribution in [0.2, 0.25) is 0 Å². The van der Waals surface area contributed by atoms with Crippen LogP contribution in [0.1, 0.15) is 60.7 Å². The molecular weight excluding hydrogens is 302 g/mol. The summed E-state index contributed by atoms with van der Waals surface area (Å²) in [5, 5.41) is 5.98. The number of hydrogen-bond acceptors (Lipinski definition) is 3. The molecule has 5 nitrogen and oxygen atoms in total. The normalized spacial score (nSPS) is 20.7. The van der Waals surface area contributed by atoms with Gasteiger partial charge in [0.2, 0.25) is 0 Å². The minimum absolute atomic E-state index is 0.0380. The largest absolute Gasteiger partial charge is 0.352 e. The fourth-order valence-corrected chi connectivity index (χ4v) is 2.98. The summed E-state index contributed by atoms with van der Waals surface area (Å²) in [4.78, 5) is 24.5. The number of amides is 2. The highest BCUT2D eigenvalue weighted by Crippen LogP contribution is 2.24. The Balaban J connectivity index is 1.93. The van der Waals surface area contributed by atoms with Crippen LogP contribution in [0.15, 0.2) is 24.3 Å². The summed E-state index contributed by atoms with van der Waals surface area (Å²) in [6, 6.07) is 6.96. The molecule has 1 saturated carbocycles. The highest BCUT2D eigenvalue weighted by molar-refractivity contribution is 5.97. The molecule has 0 radical (unpaired) electrons. The molecule has 2 unspecified atom stereocenters. The zero-order valence-electron chi connectivity index (χ0n) is 14.9. The van der Waals surface area contributed by atoms with Crippen molar-refractivity contribution >= 4 is 11.8 Å². The Labute approximate surface area is 144 Å². The van der Waals surface area contributed by atoms with Crippen LogP contribution in [0.3, 0.4) is 0 Å². The Kier molecular flexibility index (Phi) is 5.99. The summed E-state index contributed by atoms with van der Waals surface area (Å²) >= 11 is 0. The van der Waals surface area contributed by atoms with Gasteiger partial charge in [-0.3, -0.25) is 9.59 Å². The van der Waals surface area contributed by atoms with Crippen molar-refractivity contribution in [2.75, 3.05) is 13.1 Å². The first-order valence-corrected chi connectivity index (χ1v) is 8.69. The van der Waals surface area contributed by atoms with E-state index in [1.54, 1.807) is 24.3 Å². The first-order chi connectivity index (χ1) is 11.3. The second-order valence-corrected chi connectivity index (χ2v) is 7.83. The van der Waals surface area contributed by atoms with Crippen LogP contribution < -0.4 is 16.4 Å². The van der Waals surface area contributed by atoms with Gasteiger partial charge in [-0.2, -0.15) is 0 Å². The topological polar surface area (TPSA) is 84.2 Å². The molecule has 132 valence electrons. The van der Waals surface area contributed by atoms with Crippen LogP contribution >= 0.6 is 0 Å². The van der Waals surface area contributed by atoms with Gasteiger partial charge in [0.25, 0.3) is 11.8 Å². The Hall–Kier alpha value is -1.88. The fraction of sp³-hybridized carbons (Fsp3) is 0.579. The van der Waals surface area contributed by atoms with Gasteiger partial charge in [-0.05, 0) is 55.0 Å². The molecule has 24 heavy (non-hydrogen) atoms. The molecule has 2 rings (SSSR count). The van der Waals surface area contributed by atoms with Gasteiger partial charge >= 0.3 is 0 Å². The summed E-state index contributed by atoms with van der Waals surface area (Å²) in [5.74, 6) is 0.161. The van der Waals surface area contributed by atoms with E-state index >= 15 is 0 Å². The molecule has 2 atom stereocenters. The first-order valence-electron chi connectivity index (χ1n) is 8.69. The number of benzene rings is 1. The lowest BCUT2D eigenvalue weighted by Crippen LogP contribution is -2.39. The fourth-order valence-electron chi connectivity index (χ4n) is 2.98. The van der Waals surface area contributed by atoms with E-state index in [0.717, 1.165) is 19.3 Å². The van der Waals surface area contributed by atoms with Crippen LogP contribution in [0, 0.1) is 11.3 Å². The maximum absolute atomic E-state index is 12.3. The molecule has 1 aliphatic carbocycles. The lowest BCUT2D eigenvalue weighted by atomic mass is 9.97. The van der Waals surface area contributed by atoms with Crippen molar-refractivity contribution in [3.8, 4) is 0 Å². The minimum atomic E-state index is -0.115. The smallest absolute Gasteiger partial charge is 0.251 e. The molecule has 5 heteroatoms. The van der Waals surface area contributed by atoms with E-state index in [-0.39, 0.29) is 23.3 Å². The number of carbonyl (C=O) groups is 2. The highest BCUT2D eigenvalue weighted by Gasteiger charge is 2.27. The summed E-state index contributed by atoms with van der Waals surface area (Å²) < 4.78 is 0. The Morgan fingerprint density at radius 2 is 1.67 bits per heavy atom. The number of nitrogens with one attached hydrogen (secondary N) is 2. The second-order valence-electron chi connectivity index (χ2n) is 7.83. The molecule has 0 aromatic heterocycles. The molecule has 0 saturated heterocycles. The standard InChI is InChI=1S/C19H29N3O2/c1-19(2,3)12-21-17(23)13-7-9-14(10-8-13)18(24)22-16-6-4-5-15(16)11-20/h7-10,15-16H,4-6,11-12,20H2,1-3H3,(H,21,23)(H,22,24). The zero-order valence-corrected chi connectivity index (χ0v) is 14.9. The number of hydrogen-bond donors (Lipinski definition) is 3. The van der Waals surface area contributed by atoms with Gasteiger partial charge < -0.3 is 16.4 Å². The predicted molar refractivity (Wildman–Crippen MR) is 95.9 cm³/mol. The zero-order chi connectivity index (χ0) is 17.7. The molecular formula is C19H29N3O2. The van der Waals surface area contributed by atoms with E-state index in [1.165, 1.54) is 0 Å². The average Bonchev–Trinajstić information content (AvgIpc) is 2.99. The van der Waals surface area contributed by atoms with Gasteiger partial charge in [0.1, 0.15) is 0 Å². The Morgan fingerprint density at radius 1 is 1.08 bits per heavy atom. The third kappa shape index (κ3) is 5.06. The maximum Gasteiger partial charge on any atom is 0.251 e. The van der Waals surface area contributed by atoms with E-state index in [1.807, 2.05) is 0 Å². The molecule has 0 heterocycles. The molecule has 4 N–H and O–H groups in total. The van der Waals surface area contributed by atoms with Gasteiger partial charge in [-0.1, -0.05) is 27.2 Å². The number of rotatable bonds is 5. The highest BCUT2D eigenvalue weighted by atomic mass is 16.2.